The molecule has 2 heterocycles. The van der Waals surface area contributed by atoms with Crippen LogP contribution in [0.1, 0.15) is 20.3 Å². The van der Waals surface area contributed by atoms with E-state index in [0.29, 0.717) is 0 Å². The van der Waals surface area contributed by atoms with E-state index in [4.69, 9.17) is 4.74 Å². The summed E-state index contributed by atoms with van der Waals surface area (Å²) in [6, 6.07) is 0.805. The lowest BCUT2D eigenvalue weighted by atomic mass is 10.2. The molecule has 0 N–H and O–H groups in total. The van der Waals surface area contributed by atoms with Crippen molar-refractivity contribution in [2.75, 3.05) is 46.4 Å². The molecule has 0 radical (unpaired) electrons. The van der Waals surface area contributed by atoms with Gasteiger partial charge in [-0.2, -0.15) is 0 Å². The van der Waals surface area contributed by atoms with Crippen molar-refractivity contribution in [2.24, 2.45) is 0 Å². The highest BCUT2D eigenvalue weighted by Crippen LogP contribution is 2.14. The average Bonchev–Trinajstić information content (AvgIpc) is 2.69. The van der Waals surface area contributed by atoms with E-state index < -0.39 is 0 Å². The van der Waals surface area contributed by atoms with Crippen molar-refractivity contribution in [1.29, 1.82) is 0 Å². The highest BCUT2D eigenvalue weighted by atomic mass is 16.5. The summed E-state index contributed by atoms with van der Waals surface area (Å²) in [5, 5.41) is 0. The Kier molecular flexibility index (Phi) is 5.45. The van der Waals surface area contributed by atoms with Crippen LogP contribution in [0.3, 0.4) is 0 Å². The number of likely N-dealkylation sites (tertiary alicyclic amines) is 1. The fourth-order valence-corrected chi connectivity index (χ4v) is 2.15. The molecule has 2 aliphatic rings. The van der Waals surface area contributed by atoms with Crippen LogP contribution in [-0.2, 0) is 4.74 Å². The van der Waals surface area contributed by atoms with Crippen LogP contribution in [0.15, 0.2) is 0 Å². The summed E-state index contributed by atoms with van der Waals surface area (Å²) >= 11 is 0. The van der Waals surface area contributed by atoms with Gasteiger partial charge in [0.05, 0.1) is 13.2 Å². The summed E-state index contributed by atoms with van der Waals surface area (Å²) < 4.78 is 5.33. The Morgan fingerprint density at radius 2 is 1.71 bits per heavy atom. The van der Waals surface area contributed by atoms with E-state index in [9.17, 15) is 0 Å². The van der Waals surface area contributed by atoms with Gasteiger partial charge in [-0.1, -0.05) is 13.8 Å². The van der Waals surface area contributed by atoms with Crippen LogP contribution >= 0.6 is 0 Å². The van der Waals surface area contributed by atoms with E-state index in [0.717, 1.165) is 32.3 Å². The fourth-order valence-electron chi connectivity index (χ4n) is 2.15. The molecular weight excluding hydrogens is 176 g/mol. The van der Waals surface area contributed by atoms with E-state index in [1.54, 1.807) is 0 Å². The summed E-state index contributed by atoms with van der Waals surface area (Å²) in [5.74, 6) is 0. The number of nitrogens with zero attached hydrogens (tertiary/aromatic N) is 2. The Labute approximate surface area is 88.0 Å². The molecule has 1 atom stereocenters. The zero-order chi connectivity index (χ0) is 10.4. The fraction of sp³-hybridized carbons (Fsp3) is 1.00. The third-order valence-corrected chi connectivity index (χ3v) is 2.93. The molecule has 2 aliphatic heterocycles. The van der Waals surface area contributed by atoms with Crippen LogP contribution in [0.4, 0.5) is 0 Å². The Morgan fingerprint density at radius 1 is 1.07 bits per heavy atom. The average molecular weight is 200 g/mol. The van der Waals surface area contributed by atoms with Gasteiger partial charge in [-0.3, -0.25) is 4.90 Å². The molecule has 3 heteroatoms. The summed E-state index contributed by atoms with van der Waals surface area (Å²) in [4.78, 5) is 4.99. The maximum atomic E-state index is 5.33. The first-order valence-electron chi connectivity index (χ1n) is 5.86. The van der Waals surface area contributed by atoms with Gasteiger partial charge >= 0.3 is 0 Å². The monoisotopic (exact) mass is 200 g/mol. The second-order valence-electron chi connectivity index (χ2n) is 3.85. The molecule has 2 saturated heterocycles. The molecule has 2 rings (SSSR count). The zero-order valence-electron chi connectivity index (χ0n) is 9.83. The van der Waals surface area contributed by atoms with Crippen molar-refractivity contribution in [3.8, 4) is 0 Å². The van der Waals surface area contributed by atoms with Crippen molar-refractivity contribution >= 4 is 0 Å². The third-order valence-electron chi connectivity index (χ3n) is 2.93. The molecule has 0 saturated carbocycles. The first-order chi connectivity index (χ1) is 6.86. The SMILES string of the molecule is CC.CN1CCC(N2CCOCC2)C1. The molecular formula is C11H24N2O. The Hall–Kier alpha value is -0.120. The van der Waals surface area contributed by atoms with Crippen molar-refractivity contribution < 1.29 is 4.74 Å². The van der Waals surface area contributed by atoms with E-state index in [2.05, 4.69) is 16.8 Å². The number of hydrogen-bond acceptors (Lipinski definition) is 3. The summed E-state index contributed by atoms with van der Waals surface area (Å²) in [7, 11) is 2.21. The van der Waals surface area contributed by atoms with Crippen LogP contribution in [0, 0.1) is 0 Å². The number of hydrogen-bond donors (Lipinski definition) is 0. The molecule has 14 heavy (non-hydrogen) atoms. The molecule has 0 aromatic rings. The predicted molar refractivity (Wildman–Crippen MR) is 59.6 cm³/mol. The Bertz CT molecular complexity index is 143. The van der Waals surface area contributed by atoms with Gasteiger partial charge in [0.2, 0.25) is 0 Å². The second-order valence-corrected chi connectivity index (χ2v) is 3.85. The van der Waals surface area contributed by atoms with E-state index >= 15 is 0 Å². The maximum absolute atomic E-state index is 5.33. The standard InChI is InChI=1S/C9H18N2O.C2H6/c1-10-3-2-9(8-10)11-4-6-12-7-5-11;1-2/h9H,2-8H2,1H3;1-2H3. The highest BCUT2D eigenvalue weighted by Gasteiger charge is 2.26. The van der Waals surface area contributed by atoms with Crippen LogP contribution in [0.5, 0.6) is 0 Å². The van der Waals surface area contributed by atoms with Gasteiger partial charge < -0.3 is 9.64 Å². The smallest absolute Gasteiger partial charge is 0.0594 e. The van der Waals surface area contributed by atoms with E-state index in [1.165, 1.54) is 19.5 Å². The Balaban J connectivity index is 0.000000461. The van der Waals surface area contributed by atoms with Crippen LogP contribution in [0.2, 0.25) is 0 Å². The topological polar surface area (TPSA) is 15.7 Å². The number of rotatable bonds is 1. The third kappa shape index (κ3) is 3.23. The first-order valence-corrected chi connectivity index (χ1v) is 5.86. The molecule has 0 spiro atoms. The van der Waals surface area contributed by atoms with Gasteiger partial charge in [-0.25, -0.2) is 0 Å². The molecule has 0 bridgehead atoms. The van der Waals surface area contributed by atoms with Crippen LogP contribution < -0.4 is 0 Å². The lowest BCUT2D eigenvalue weighted by Crippen LogP contribution is -2.44. The van der Waals surface area contributed by atoms with E-state index in [1.807, 2.05) is 13.8 Å². The normalized spacial score (nSPS) is 29.8. The molecule has 3 nitrogen and oxygen atoms in total. The molecule has 0 aromatic heterocycles. The lowest BCUT2D eigenvalue weighted by Gasteiger charge is -2.31. The Morgan fingerprint density at radius 3 is 2.21 bits per heavy atom. The minimum atomic E-state index is 0.805. The van der Waals surface area contributed by atoms with Crippen LogP contribution in [0.25, 0.3) is 0 Å². The number of likely N-dealkylation sites (N-methyl/N-ethyl adjacent to an activating group) is 1. The van der Waals surface area contributed by atoms with Crippen molar-refractivity contribution in [1.82, 2.24) is 9.80 Å². The molecule has 0 amide bonds. The van der Waals surface area contributed by atoms with Crippen LogP contribution in [-0.4, -0.2) is 62.3 Å². The molecule has 84 valence electrons. The minimum Gasteiger partial charge on any atom is -0.379 e. The van der Waals surface area contributed by atoms with Gasteiger partial charge in [-0.05, 0) is 20.0 Å². The first kappa shape index (κ1) is 12.0. The van der Waals surface area contributed by atoms with Crippen molar-refractivity contribution in [3.63, 3.8) is 0 Å². The van der Waals surface area contributed by atoms with E-state index in [-0.39, 0.29) is 0 Å². The van der Waals surface area contributed by atoms with Gasteiger partial charge in [0.1, 0.15) is 0 Å². The molecule has 0 aromatic carbocycles. The van der Waals surface area contributed by atoms with Gasteiger partial charge in [0.15, 0.2) is 0 Å². The zero-order valence-corrected chi connectivity index (χ0v) is 9.83. The predicted octanol–water partition coefficient (Wildman–Crippen LogP) is 1.05. The van der Waals surface area contributed by atoms with Gasteiger partial charge in [0, 0.05) is 25.7 Å². The largest absolute Gasteiger partial charge is 0.379 e. The van der Waals surface area contributed by atoms with Gasteiger partial charge in [0.25, 0.3) is 0 Å². The van der Waals surface area contributed by atoms with Crippen molar-refractivity contribution in [2.45, 2.75) is 26.3 Å². The minimum absolute atomic E-state index is 0.805. The summed E-state index contributed by atoms with van der Waals surface area (Å²) in [6.07, 6.45) is 1.34. The maximum Gasteiger partial charge on any atom is 0.0594 e. The number of ether oxygens (including phenoxy) is 1. The summed E-state index contributed by atoms with van der Waals surface area (Å²) in [6.45, 7) is 10.7. The quantitative estimate of drug-likeness (QED) is 0.629. The van der Waals surface area contributed by atoms with Gasteiger partial charge in [-0.15, -0.1) is 0 Å². The molecule has 0 aliphatic carbocycles. The lowest BCUT2D eigenvalue weighted by molar-refractivity contribution is 0.0189. The molecule has 1 unspecified atom stereocenters. The second kappa shape index (κ2) is 6.38. The van der Waals surface area contributed by atoms with Crippen molar-refractivity contribution in [3.05, 3.63) is 0 Å². The summed E-state index contributed by atoms with van der Waals surface area (Å²) in [5.41, 5.74) is 0. The number of morpholine rings is 1. The molecule has 2 fully saturated rings. The highest BCUT2D eigenvalue weighted by molar-refractivity contribution is 4.82.